The quantitative estimate of drug-likeness (QED) is 0.387. The van der Waals surface area contributed by atoms with E-state index >= 15 is 0 Å². The maximum Gasteiger partial charge on any atom is 0.341 e. The number of allylic oxidation sites excluding steroid dienone is 1. The molecule has 1 atom stereocenters. The topological polar surface area (TPSA) is 86.1 Å². The van der Waals surface area contributed by atoms with E-state index in [4.69, 9.17) is 4.74 Å². The van der Waals surface area contributed by atoms with Crippen molar-refractivity contribution >= 4 is 40.0 Å². The second-order valence-corrected chi connectivity index (χ2v) is 9.08. The van der Waals surface area contributed by atoms with E-state index in [-0.39, 0.29) is 11.7 Å². The largest absolute Gasteiger partial charge is 0.465 e. The fraction of sp³-hybridized carbons (Fsp3) is 0.500. The highest BCUT2D eigenvalue weighted by molar-refractivity contribution is 7.99. The van der Waals surface area contributed by atoms with E-state index in [0.717, 1.165) is 37.1 Å². The Morgan fingerprint density at radius 3 is 2.93 bits per heavy atom. The number of ether oxygens (including phenoxy) is 1. The number of aromatic nitrogens is 3. The van der Waals surface area contributed by atoms with Crippen LogP contribution in [0.4, 0.5) is 5.00 Å². The molecule has 1 amide bonds. The SMILES string of the molecule is C=CCn1c(CC)nnc1SCC(=O)Nc1sc2c(c1C(=O)OC)CCC(C)C2. The number of thiophene rings is 1. The van der Waals surface area contributed by atoms with E-state index in [9.17, 15) is 9.59 Å². The molecule has 0 radical (unpaired) electrons. The Morgan fingerprint density at radius 1 is 1.45 bits per heavy atom. The summed E-state index contributed by atoms with van der Waals surface area (Å²) in [5, 5.41) is 12.5. The van der Waals surface area contributed by atoms with Gasteiger partial charge in [-0.05, 0) is 30.7 Å². The Bertz CT molecular complexity index is 919. The van der Waals surface area contributed by atoms with Gasteiger partial charge in [0.1, 0.15) is 10.8 Å². The Morgan fingerprint density at radius 2 is 2.24 bits per heavy atom. The molecule has 1 aliphatic carbocycles. The van der Waals surface area contributed by atoms with Crippen molar-refractivity contribution in [3.8, 4) is 0 Å². The van der Waals surface area contributed by atoms with Crippen molar-refractivity contribution in [3.63, 3.8) is 0 Å². The van der Waals surface area contributed by atoms with Crippen LogP contribution in [0.15, 0.2) is 17.8 Å². The first-order valence-corrected chi connectivity index (χ1v) is 11.5. The van der Waals surface area contributed by atoms with Gasteiger partial charge in [0, 0.05) is 17.8 Å². The van der Waals surface area contributed by atoms with Crippen LogP contribution in [0.1, 0.15) is 46.9 Å². The Labute approximate surface area is 178 Å². The standard InChI is InChI=1S/C20H26N4O3S2/c1-5-9-24-15(6-2)22-23-20(24)28-11-16(25)21-18-17(19(26)27-4)13-8-7-12(3)10-14(13)29-18/h5,12H,1,6-11H2,2-4H3,(H,21,25). The van der Waals surface area contributed by atoms with Crippen LogP contribution in [0.25, 0.3) is 0 Å². The minimum Gasteiger partial charge on any atom is -0.465 e. The average molecular weight is 435 g/mol. The normalized spacial score (nSPS) is 15.6. The van der Waals surface area contributed by atoms with Crippen molar-refractivity contribution in [2.45, 2.75) is 51.2 Å². The molecule has 2 heterocycles. The highest BCUT2D eigenvalue weighted by Crippen LogP contribution is 2.40. The molecule has 3 rings (SSSR count). The van der Waals surface area contributed by atoms with Gasteiger partial charge in [-0.2, -0.15) is 0 Å². The highest BCUT2D eigenvalue weighted by Gasteiger charge is 2.29. The van der Waals surface area contributed by atoms with Crippen molar-refractivity contribution < 1.29 is 14.3 Å². The monoisotopic (exact) mass is 434 g/mol. The Hall–Kier alpha value is -2.13. The van der Waals surface area contributed by atoms with Crippen molar-refractivity contribution in [3.05, 3.63) is 34.5 Å². The number of esters is 1. The maximum atomic E-state index is 12.6. The number of nitrogens with one attached hydrogen (secondary N) is 1. The number of aryl methyl sites for hydroxylation is 1. The van der Waals surface area contributed by atoms with Crippen LogP contribution in [-0.4, -0.2) is 39.5 Å². The number of nitrogens with zero attached hydrogens (tertiary/aromatic N) is 3. The van der Waals surface area contributed by atoms with E-state index in [1.807, 2.05) is 11.5 Å². The molecule has 2 aromatic rings. The first kappa shape index (κ1) is 21.6. The van der Waals surface area contributed by atoms with Crippen LogP contribution < -0.4 is 5.32 Å². The zero-order valence-electron chi connectivity index (χ0n) is 17.0. The first-order chi connectivity index (χ1) is 14.0. The number of amides is 1. The van der Waals surface area contributed by atoms with Crippen molar-refractivity contribution in [1.82, 2.24) is 14.8 Å². The summed E-state index contributed by atoms with van der Waals surface area (Å²) < 4.78 is 6.93. The average Bonchev–Trinajstić information content (AvgIpc) is 3.26. The lowest BCUT2D eigenvalue weighted by molar-refractivity contribution is -0.113. The van der Waals surface area contributed by atoms with E-state index in [1.165, 1.54) is 35.1 Å². The van der Waals surface area contributed by atoms with Gasteiger partial charge < -0.3 is 14.6 Å². The molecule has 0 fully saturated rings. The number of thioether (sulfide) groups is 1. The summed E-state index contributed by atoms with van der Waals surface area (Å²) in [4.78, 5) is 26.1. The first-order valence-electron chi connectivity index (χ1n) is 9.66. The molecular formula is C20H26N4O3S2. The van der Waals surface area contributed by atoms with Gasteiger partial charge in [0.05, 0.1) is 18.4 Å². The van der Waals surface area contributed by atoms with E-state index in [2.05, 4.69) is 29.0 Å². The van der Waals surface area contributed by atoms with Crippen molar-refractivity contribution in [2.24, 2.45) is 5.92 Å². The van der Waals surface area contributed by atoms with Gasteiger partial charge in [0.2, 0.25) is 5.91 Å². The third kappa shape index (κ3) is 4.72. The summed E-state index contributed by atoms with van der Waals surface area (Å²) in [6.07, 6.45) is 5.35. The predicted octanol–water partition coefficient (Wildman–Crippen LogP) is 3.73. The number of methoxy groups -OCH3 is 1. The molecule has 0 aliphatic heterocycles. The number of carbonyl (C=O) groups is 2. The minimum atomic E-state index is -0.390. The molecule has 1 unspecified atom stereocenters. The fourth-order valence-corrected chi connectivity index (χ4v) is 5.63. The lowest BCUT2D eigenvalue weighted by Gasteiger charge is -2.18. The molecule has 1 aliphatic rings. The van der Waals surface area contributed by atoms with Gasteiger partial charge in [-0.1, -0.05) is 31.7 Å². The van der Waals surface area contributed by atoms with Gasteiger partial charge in [0.15, 0.2) is 5.16 Å². The molecule has 156 valence electrons. The zero-order chi connectivity index (χ0) is 21.0. The Kier molecular flexibility index (Phi) is 7.13. The van der Waals surface area contributed by atoms with Gasteiger partial charge in [0.25, 0.3) is 0 Å². The molecule has 0 saturated heterocycles. The summed E-state index contributed by atoms with van der Waals surface area (Å²) in [6.45, 7) is 8.59. The van der Waals surface area contributed by atoms with Gasteiger partial charge in [-0.3, -0.25) is 4.79 Å². The maximum absolute atomic E-state index is 12.6. The van der Waals surface area contributed by atoms with Crippen molar-refractivity contribution in [2.75, 3.05) is 18.2 Å². The predicted molar refractivity (Wildman–Crippen MR) is 116 cm³/mol. The lowest BCUT2D eigenvalue weighted by Crippen LogP contribution is -2.17. The molecule has 0 saturated carbocycles. The third-order valence-corrected chi connectivity index (χ3v) is 7.04. The number of hydrogen-bond acceptors (Lipinski definition) is 7. The number of hydrogen-bond donors (Lipinski definition) is 1. The third-order valence-electron chi connectivity index (χ3n) is 4.91. The van der Waals surface area contributed by atoms with Crippen LogP contribution in [-0.2, 0) is 35.3 Å². The summed E-state index contributed by atoms with van der Waals surface area (Å²) >= 11 is 2.81. The summed E-state index contributed by atoms with van der Waals surface area (Å²) in [5.41, 5.74) is 1.54. The number of rotatable bonds is 8. The fourth-order valence-electron chi connectivity index (χ4n) is 3.45. The molecular weight excluding hydrogens is 408 g/mol. The van der Waals surface area contributed by atoms with Crippen LogP contribution in [0.5, 0.6) is 0 Å². The van der Waals surface area contributed by atoms with Gasteiger partial charge >= 0.3 is 5.97 Å². The van der Waals surface area contributed by atoms with Crippen LogP contribution in [0, 0.1) is 5.92 Å². The number of fused-ring (bicyclic) bond motifs is 1. The summed E-state index contributed by atoms with van der Waals surface area (Å²) in [7, 11) is 1.37. The van der Waals surface area contributed by atoms with E-state index in [0.29, 0.717) is 28.2 Å². The van der Waals surface area contributed by atoms with Crippen LogP contribution >= 0.6 is 23.1 Å². The highest BCUT2D eigenvalue weighted by atomic mass is 32.2. The molecule has 0 aromatic carbocycles. The second-order valence-electron chi connectivity index (χ2n) is 7.04. The molecule has 7 nitrogen and oxygen atoms in total. The van der Waals surface area contributed by atoms with Crippen LogP contribution in [0.3, 0.4) is 0 Å². The molecule has 0 bridgehead atoms. The van der Waals surface area contributed by atoms with E-state index in [1.54, 1.807) is 6.08 Å². The molecule has 1 N–H and O–H groups in total. The lowest BCUT2D eigenvalue weighted by atomic mass is 9.88. The van der Waals surface area contributed by atoms with Crippen LogP contribution in [0.2, 0.25) is 0 Å². The Balaban J connectivity index is 1.74. The van der Waals surface area contributed by atoms with Gasteiger partial charge in [-0.25, -0.2) is 4.79 Å². The van der Waals surface area contributed by atoms with E-state index < -0.39 is 5.97 Å². The molecule has 29 heavy (non-hydrogen) atoms. The van der Waals surface area contributed by atoms with Crippen molar-refractivity contribution in [1.29, 1.82) is 0 Å². The summed E-state index contributed by atoms with van der Waals surface area (Å²) in [6, 6.07) is 0. The molecule has 2 aromatic heterocycles. The second kappa shape index (κ2) is 9.58. The zero-order valence-corrected chi connectivity index (χ0v) is 18.6. The molecule has 9 heteroatoms. The minimum absolute atomic E-state index is 0.179. The number of carbonyl (C=O) groups excluding carboxylic acids is 2. The van der Waals surface area contributed by atoms with Gasteiger partial charge in [-0.15, -0.1) is 28.1 Å². The molecule has 0 spiro atoms. The number of anilines is 1. The summed E-state index contributed by atoms with van der Waals surface area (Å²) in [5.74, 6) is 1.05. The smallest absolute Gasteiger partial charge is 0.341 e.